The van der Waals surface area contributed by atoms with Crippen molar-refractivity contribution in [3.8, 4) is 6.07 Å². The normalized spacial score (nSPS) is 21.1. The standard InChI is InChI=1S/C18H20F2N4O3/c19-18(20)8-12(9-21)24(11-18)16(26)10-22-17(27)13-5-6-15(25)23-7-3-1-2-4-14(13)23/h5-6,12H,1-4,7-8,10-11H2,(H,22,27)/t12-/m0/s1. The number of nitrogens with one attached hydrogen (secondary N) is 1. The van der Waals surface area contributed by atoms with Gasteiger partial charge in [-0.2, -0.15) is 5.26 Å². The molecule has 0 bridgehead atoms. The predicted octanol–water partition coefficient (Wildman–Crippen LogP) is 1.06. The van der Waals surface area contributed by atoms with Crippen LogP contribution in [0.3, 0.4) is 0 Å². The summed E-state index contributed by atoms with van der Waals surface area (Å²) in [6.45, 7) is -0.761. The van der Waals surface area contributed by atoms with Gasteiger partial charge in [0.25, 0.3) is 17.4 Å². The van der Waals surface area contributed by atoms with Crippen molar-refractivity contribution in [2.24, 2.45) is 0 Å². The number of fused-ring (bicyclic) bond motifs is 1. The summed E-state index contributed by atoms with van der Waals surface area (Å²) in [5, 5.41) is 11.4. The van der Waals surface area contributed by atoms with Crippen LogP contribution < -0.4 is 10.9 Å². The number of carbonyl (C=O) groups is 2. The first-order valence-corrected chi connectivity index (χ1v) is 8.90. The average molecular weight is 378 g/mol. The quantitative estimate of drug-likeness (QED) is 0.851. The van der Waals surface area contributed by atoms with E-state index >= 15 is 0 Å². The lowest BCUT2D eigenvalue weighted by Crippen LogP contribution is -2.43. The predicted molar refractivity (Wildman–Crippen MR) is 91.3 cm³/mol. The van der Waals surface area contributed by atoms with E-state index in [1.54, 1.807) is 10.6 Å². The van der Waals surface area contributed by atoms with Crippen LogP contribution in [0.4, 0.5) is 8.78 Å². The van der Waals surface area contributed by atoms with E-state index in [-0.39, 0.29) is 5.56 Å². The van der Waals surface area contributed by atoms with Gasteiger partial charge < -0.3 is 14.8 Å². The number of likely N-dealkylation sites (tertiary alicyclic amines) is 1. The number of nitrogens with zero attached hydrogens (tertiary/aromatic N) is 3. The van der Waals surface area contributed by atoms with E-state index in [1.807, 2.05) is 0 Å². The van der Waals surface area contributed by atoms with Crippen molar-refractivity contribution < 1.29 is 18.4 Å². The van der Waals surface area contributed by atoms with E-state index < -0.39 is 43.3 Å². The van der Waals surface area contributed by atoms with Gasteiger partial charge in [0, 0.05) is 24.7 Å². The monoisotopic (exact) mass is 378 g/mol. The fourth-order valence-corrected chi connectivity index (χ4v) is 3.63. The van der Waals surface area contributed by atoms with Gasteiger partial charge in [-0.15, -0.1) is 0 Å². The lowest BCUT2D eigenvalue weighted by molar-refractivity contribution is -0.131. The SMILES string of the molecule is N#C[C@@H]1CC(F)(F)CN1C(=O)CNC(=O)c1ccc(=O)n2c1CCCCC2. The third-order valence-electron chi connectivity index (χ3n) is 4.97. The number of halogens is 2. The highest BCUT2D eigenvalue weighted by Crippen LogP contribution is 2.31. The molecule has 7 nitrogen and oxygen atoms in total. The Balaban J connectivity index is 1.71. The molecule has 1 atom stereocenters. The van der Waals surface area contributed by atoms with E-state index in [1.165, 1.54) is 12.1 Å². The number of amides is 2. The van der Waals surface area contributed by atoms with Gasteiger partial charge in [0.1, 0.15) is 6.04 Å². The lowest BCUT2D eigenvalue weighted by Gasteiger charge is -2.20. The molecule has 1 saturated heterocycles. The van der Waals surface area contributed by atoms with Gasteiger partial charge in [0.2, 0.25) is 5.91 Å². The van der Waals surface area contributed by atoms with Crippen molar-refractivity contribution in [3.63, 3.8) is 0 Å². The number of hydrogen-bond donors (Lipinski definition) is 1. The molecule has 0 aromatic carbocycles. The fourth-order valence-electron chi connectivity index (χ4n) is 3.63. The maximum absolute atomic E-state index is 13.5. The minimum Gasteiger partial charge on any atom is -0.343 e. The highest BCUT2D eigenvalue weighted by molar-refractivity contribution is 5.97. The number of carbonyl (C=O) groups excluding carboxylic acids is 2. The molecular weight excluding hydrogens is 358 g/mol. The molecule has 2 amide bonds. The summed E-state index contributed by atoms with van der Waals surface area (Å²) in [6.07, 6.45) is 2.56. The minimum absolute atomic E-state index is 0.171. The molecule has 0 spiro atoms. The number of hydrogen-bond acceptors (Lipinski definition) is 4. The Morgan fingerprint density at radius 1 is 1.30 bits per heavy atom. The topological polar surface area (TPSA) is 95.2 Å². The number of rotatable bonds is 3. The van der Waals surface area contributed by atoms with Gasteiger partial charge >= 0.3 is 0 Å². The second kappa shape index (κ2) is 7.47. The van der Waals surface area contributed by atoms with E-state index in [0.717, 1.165) is 24.2 Å². The third kappa shape index (κ3) is 3.99. The maximum atomic E-state index is 13.5. The van der Waals surface area contributed by atoms with E-state index in [2.05, 4.69) is 5.32 Å². The van der Waals surface area contributed by atoms with Crippen LogP contribution in [0.15, 0.2) is 16.9 Å². The van der Waals surface area contributed by atoms with E-state index in [4.69, 9.17) is 5.26 Å². The summed E-state index contributed by atoms with van der Waals surface area (Å²) in [7, 11) is 0. The molecule has 0 aliphatic carbocycles. The first kappa shape index (κ1) is 19.0. The lowest BCUT2D eigenvalue weighted by atomic mass is 10.1. The summed E-state index contributed by atoms with van der Waals surface area (Å²) in [4.78, 5) is 37.6. The molecule has 3 rings (SSSR count). The summed E-state index contributed by atoms with van der Waals surface area (Å²) in [5.74, 6) is -4.36. The highest BCUT2D eigenvalue weighted by Gasteiger charge is 2.47. The molecule has 1 aromatic heterocycles. The zero-order chi connectivity index (χ0) is 19.6. The van der Waals surface area contributed by atoms with Crippen molar-refractivity contribution in [1.82, 2.24) is 14.8 Å². The van der Waals surface area contributed by atoms with Gasteiger partial charge in [-0.1, -0.05) is 6.42 Å². The molecule has 2 aliphatic heterocycles. The Morgan fingerprint density at radius 2 is 2.07 bits per heavy atom. The summed E-state index contributed by atoms with van der Waals surface area (Å²) in [5.41, 5.74) is 0.774. The number of alkyl halides is 2. The minimum atomic E-state index is -3.10. The Bertz CT molecular complexity index is 859. The summed E-state index contributed by atoms with van der Waals surface area (Å²) in [6, 6.07) is 3.25. The molecule has 1 N–H and O–H groups in total. The van der Waals surface area contributed by atoms with Crippen LogP contribution in [0.1, 0.15) is 41.7 Å². The Labute approximate surface area is 154 Å². The Morgan fingerprint density at radius 3 is 2.81 bits per heavy atom. The second-order valence-electron chi connectivity index (χ2n) is 6.90. The smallest absolute Gasteiger partial charge is 0.268 e. The number of nitriles is 1. The third-order valence-corrected chi connectivity index (χ3v) is 4.97. The van der Waals surface area contributed by atoms with Crippen molar-refractivity contribution in [2.45, 2.75) is 50.6 Å². The van der Waals surface area contributed by atoms with Gasteiger partial charge in [0.05, 0.1) is 24.7 Å². The van der Waals surface area contributed by atoms with Crippen LogP contribution in [0.2, 0.25) is 0 Å². The molecule has 0 radical (unpaired) electrons. The molecule has 0 saturated carbocycles. The van der Waals surface area contributed by atoms with Crippen LogP contribution in [0.25, 0.3) is 0 Å². The zero-order valence-corrected chi connectivity index (χ0v) is 14.7. The molecule has 1 fully saturated rings. The summed E-state index contributed by atoms with van der Waals surface area (Å²) < 4.78 is 28.5. The molecule has 9 heteroatoms. The summed E-state index contributed by atoms with van der Waals surface area (Å²) >= 11 is 0. The van der Waals surface area contributed by atoms with Crippen LogP contribution in [-0.2, 0) is 17.8 Å². The largest absolute Gasteiger partial charge is 0.343 e. The molecule has 2 aliphatic rings. The first-order valence-electron chi connectivity index (χ1n) is 8.90. The first-order chi connectivity index (χ1) is 12.8. The Hall–Kier alpha value is -2.76. The molecule has 144 valence electrons. The second-order valence-corrected chi connectivity index (χ2v) is 6.90. The van der Waals surface area contributed by atoms with Gasteiger partial charge in [0.15, 0.2) is 0 Å². The Kier molecular flexibility index (Phi) is 5.26. The van der Waals surface area contributed by atoms with Crippen LogP contribution in [-0.4, -0.2) is 46.3 Å². The zero-order valence-electron chi connectivity index (χ0n) is 14.7. The van der Waals surface area contributed by atoms with Crippen molar-refractivity contribution in [2.75, 3.05) is 13.1 Å². The fraction of sp³-hybridized carbons (Fsp3) is 0.556. The molecule has 0 unspecified atom stereocenters. The number of pyridine rings is 1. The van der Waals surface area contributed by atoms with Crippen LogP contribution in [0, 0.1) is 11.3 Å². The molecule has 3 heterocycles. The van der Waals surface area contributed by atoms with Crippen LogP contribution in [0.5, 0.6) is 0 Å². The van der Waals surface area contributed by atoms with Gasteiger partial charge in [-0.05, 0) is 25.3 Å². The molecule has 1 aromatic rings. The van der Waals surface area contributed by atoms with Gasteiger partial charge in [-0.25, -0.2) is 8.78 Å². The molecule has 27 heavy (non-hydrogen) atoms. The van der Waals surface area contributed by atoms with E-state index in [9.17, 15) is 23.2 Å². The van der Waals surface area contributed by atoms with Crippen LogP contribution >= 0.6 is 0 Å². The van der Waals surface area contributed by atoms with Crippen molar-refractivity contribution in [3.05, 3.63) is 33.7 Å². The molecular formula is C18H20F2N4O3. The van der Waals surface area contributed by atoms with Gasteiger partial charge in [-0.3, -0.25) is 14.4 Å². The van der Waals surface area contributed by atoms with Crippen molar-refractivity contribution >= 4 is 11.8 Å². The maximum Gasteiger partial charge on any atom is 0.268 e. The highest BCUT2D eigenvalue weighted by atomic mass is 19.3. The van der Waals surface area contributed by atoms with E-state index in [0.29, 0.717) is 24.2 Å². The van der Waals surface area contributed by atoms with Crippen molar-refractivity contribution in [1.29, 1.82) is 5.26 Å². The number of aromatic nitrogens is 1. The average Bonchev–Trinajstić information content (AvgIpc) is 2.80.